The van der Waals surface area contributed by atoms with Crippen molar-refractivity contribution in [3.05, 3.63) is 60.2 Å². The Balaban J connectivity index is 1.69. The van der Waals surface area contributed by atoms with Crippen molar-refractivity contribution in [1.29, 1.82) is 0 Å². The minimum atomic E-state index is 0.169. The van der Waals surface area contributed by atoms with Crippen molar-refractivity contribution in [3.63, 3.8) is 0 Å². The molecule has 0 aromatic heterocycles. The summed E-state index contributed by atoms with van der Waals surface area (Å²) >= 11 is 6.58. The fraction of sp³-hybridized carbons (Fsp3) is 0.368. The van der Waals surface area contributed by atoms with Crippen LogP contribution >= 0.6 is 11.6 Å². The Labute approximate surface area is 126 Å². The molecule has 1 saturated carbocycles. The average Bonchev–Trinajstić information content (AvgIpc) is 3.01. The molecule has 1 atom stereocenters. The third-order valence-corrected chi connectivity index (χ3v) is 4.82. The van der Waals surface area contributed by atoms with Crippen LogP contribution in [0.2, 0.25) is 0 Å². The maximum atomic E-state index is 6.58. The molecule has 1 fully saturated rings. The number of rotatable bonds is 4. The molecule has 1 aliphatic rings. The third-order valence-electron chi connectivity index (χ3n) is 4.39. The molecule has 1 aliphatic carbocycles. The van der Waals surface area contributed by atoms with Gasteiger partial charge in [-0.15, -0.1) is 11.6 Å². The van der Waals surface area contributed by atoms with Gasteiger partial charge in [-0.1, -0.05) is 80.3 Å². The maximum absolute atomic E-state index is 6.58. The second-order valence-electron chi connectivity index (χ2n) is 5.84. The fourth-order valence-corrected chi connectivity index (χ4v) is 3.59. The number of halogens is 1. The summed E-state index contributed by atoms with van der Waals surface area (Å²) in [5.41, 5.74) is 3.79. The summed E-state index contributed by atoms with van der Waals surface area (Å²) in [6.07, 6.45) is 6.64. The highest BCUT2D eigenvalue weighted by Gasteiger charge is 2.19. The van der Waals surface area contributed by atoms with E-state index in [1.165, 1.54) is 42.4 Å². The second kappa shape index (κ2) is 6.45. The Bertz CT molecular complexity index is 523. The Morgan fingerprint density at radius 3 is 2.10 bits per heavy atom. The summed E-state index contributed by atoms with van der Waals surface area (Å²) in [4.78, 5) is 0. The van der Waals surface area contributed by atoms with Crippen LogP contribution in [0.3, 0.4) is 0 Å². The summed E-state index contributed by atoms with van der Waals surface area (Å²) in [6.45, 7) is 0. The molecule has 0 spiro atoms. The van der Waals surface area contributed by atoms with E-state index in [0.29, 0.717) is 0 Å². The predicted molar refractivity (Wildman–Crippen MR) is 87.0 cm³/mol. The van der Waals surface area contributed by atoms with Gasteiger partial charge >= 0.3 is 0 Å². The molecule has 20 heavy (non-hydrogen) atoms. The monoisotopic (exact) mass is 284 g/mol. The van der Waals surface area contributed by atoms with Gasteiger partial charge in [0.15, 0.2) is 0 Å². The zero-order valence-corrected chi connectivity index (χ0v) is 12.5. The predicted octanol–water partition coefficient (Wildman–Crippen LogP) is 6.21. The Morgan fingerprint density at radius 2 is 1.45 bits per heavy atom. The number of hydrogen-bond donors (Lipinski definition) is 0. The lowest BCUT2D eigenvalue weighted by atomic mass is 9.96. The molecule has 3 rings (SSSR count). The lowest BCUT2D eigenvalue weighted by Crippen LogP contribution is -1.99. The van der Waals surface area contributed by atoms with Gasteiger partial charge in [-0.25, -0.2) is 0 Å². The Kier molecular flexibility index (Phi) is 4.42. The number of alkyl halides is 1. The van der Waals surface area contributed by atoms with E-state index >= 15 is 0 Å². The van der Waals surface area contributed by atoms with E-state index < -0.39 is 0 Å². The van der Waals surface area contributed by atoms with Gasteiger partial charge in [0.1, 0.15) is 0 Å². The number of hydrogen-bond acceptors (Lipinski definition) is 0. The van der Waals surface area contributed by atoms with Crippen molar-refractivity contribution < 1.29 is 0 Å². The summed E-state index contributed by atoms with van der Waals surface area (Å²) in [7, 11) is 0. The van der Waals surface area contributed by atoms with Crippen molar-refractivity contribution in [2.75, 3.05) is 0 Å². The van der Waals surface area contributed by atoms with Gasteiger partial charge in [-0.05, 0) is 29.0 Å². The standard InChI is InChI=1S/C19H21Cl/c20-19(14-15-6-4-5-7-15)18-12-10-17(11-13-18)16-8-2-1-3-9-16/h1-3,8-13,15,19H,4-7,14H2. The molecule has 1 unspecified atom stereocenters. The van der Waals surface area contributed by atoms with Gasteiger partial charge in [-0.3, -0.25) is 0 Å². The minimum absolute atomic E-state index is 0.169. The van der Waals surface area contributed by atoms with Gasteiger partial charge in [0.05, 0.1) is 5.38 Å². The van der Waals surface area contributed by atoms with Gasteiger partial charge < -0.3 is 0 Å². The molecule has 0 saturated heterocycles. The molecular formula is C19H21Cl. The first-order valence-corrected chi connectivity index (χ1v) is 8.06. The van der Waals surface area contributed by atoms with Crippen LogP contribution in [0.5, 0.6) is 0 Å². The molecule has 0 aliphatic heterocycles. The van der Waals surface area contributed by atoms with Crippen LogP contribution in [-0.2, 0) is 0 Å². The Hall–Kier alpha value is -1.27. The minimum Gasteiger partial charge on any atom is -0.118 e. The SMILES string of the molecule is ClC(CC1CCCC1)c1ccc(-c2ccccc2)cc1. The van der Waals surface area contributed by atoms with Crippen molar-refractivity contribution in [2.24, 2.45) is 5.92 Å². The highest BCUT2D eigenvalue weighted by Crippen LogP contribution is 2.36. The van der Waals surface area contributed by atoms with Crippen molar-refractivity contribution >= 4 is 11.6 Å². The molecule has 2 aromatic rings. The lowest BCUT2D eigenvalue weighted by molar-refractivity contribution is 0.496. The van der Waals surface area contributed by atoms with Crippen LogP contribution in [-0.4, -0.2) is 0 Å². The van der Waals surface area contributed by atoms with Gasteiger partial charge in [0, 0.05) is 0 Å². The van der Waals surface area contributed by atoms with E-state index in [4.69, 9.17) is 11.6 Å². The first-order valence-electron chi connectivity index (χ1n) is 7.62. The van der Waals surface area contributed by atoms with Crippen molar-refractivity contribution in [3.8, 4) is 11.1 Å². The maximum Gasteiger partial charge on any atom is 0.0587 e. The number of benzene rings is 2. The smallest absolute Gasteiger partial charge is 0.0587 e. The molecule has 0 bridgehead atoms. The van der Waals surface area contributed by atoms with Crippen LogP contribution in [0.1, 0.15) is 43.0 Å². The van der Waals surface area contributed by atoms with Crippen LogP contribution in [0, 0.1) is 5.92 Å². The molecule has 0 nitrogen and oxygen atoms in total. The van der Waals surface area contributed by atoms with Crippen molar-refractivity contribution in [1.82, 2.24) is 0 Å². The van der Waals surface area contributed by atoms with E-state index in [2.05, 4.69) is 48.5 Å². The van der Waals surface area contributed by atoms with Gasteiger partial charge in [0.25, 0.3) is 0 Å². The highest BCUT2D eigenvalue weighted by molar-refractivity contribution is 6.20. The van der Waals surface area contributed by atoms with E-state index in [-0.39, 0.29) is 5.38 Å². The summed E-state index contributed by atoms with van der Waals surface area (Å²) < 4.78 is 0. The van der Waals surface area contributed by atoms with Crippen LogP contribution in [0.15, 0.2) is 54.6 Å². The normalized spacial score (nSPS) is 17.2. The first-order chi connectivity index (χ1) is 9.83. The molecular weight excluding hydrogens is 264 g/mol. The van der Waals surface area contributed by atoms with Gasteiger partial charge in [-0.2, -0.15) is 0 Å². The molecule has 0 heterocycles. The van der Waals surface area contributed by atoms with E-state index in [9.17, 15) is 0 Å². The fourth-order valence-electron chi connectivity index (χ4n) is 3.19. The molecule has 0 radical (unpaired) electrons. The highest BCUT2D eigenvalue weighted by atomic mass is 35.5. The Morgan fingerprint density at radius 1 is 0.850 bits per heavy atom. The molecule has 0 amide bonds. The summed E-state index contributed by atoms with van der Waals surface area (Å²) in [5.74, 6) is 0.839. The zero-order valence-electron chi connectivity index (χ0n) is 11.8. The molecule has 104 valence electrons. The zero-order chi connectivity index (χ0) is 13.8. The van der Waals surface area contributed by atoms with E-state index in [1.807, 2.05) is 6.07 Å². The first kappa shape index (κ1) is 13.7. The largest absolute Gasteiger partial charge is 0.118 e. The van der Waals surface area contributed by atoms with Crippen LogP contribution in [0.25, 0.3) is 11.1 Å². The topological polar surface area (TPSA) is 0 Å². The molecule has 0 N–H and O–H groups in total. The molecule has 1 heteroatoms. The summed E-state index contributed by atoms with van der Waals surface area (Å²) in [5, 5.41) is 0.169. The second-order valence-corrected chi connectivity index (χ2v) is 6.37. The van der Waals surface area contributed by atoms with Crippen molar-refractivity contribution in [2.45, 2.75) is 37.5 Å². The third kappa shape index (κ3) is 3.24. The van der Waals surface area contributed by atoms with E-state index in [0.717, 1.165) is 12.3 Å². The molecule has 2 aromatic carbocycles. The summed E-state index contributed by atoms with van der Waals surface area (Å²) in [6, 6.07) is 19.3. The van der Waals surface area contributed by atoms with Gasteiger partial charge in [0.2, 0.25) is 0 Å². The van der Waals surface area contributed by atoms with E-state index in [1.54, 1.807) is 0 Å². The lowest BCUT2D eigenvalue weighted by Gasteiger charge is -2.15. The van der Waals surface area contributed by atoms with Crippen LogP contribution in [0.4, 0.5) is 0 Å². The quantitative estimate of drug-likeness (QED) is 0.585. The average molecular weight is 285 g/mol. The van der Waals surface area contributed by atoms with Crippen LogP contribution < -0.4 is 0 Å².